The molecule has 0 unspecified atom stereocenters. The summed E-state index contributed by atoms with van der Waals surface area (Å²) in [6.45, 7) is 4.36. The van der Waals surface area contributed by atoms with Gasteiger partial charge >= 0.3 is 5.97 Å². The van der Waals surface area contributed by atoms with Gasteiger partial charge in [0.05, 0.1) is 18.1 Å². The van der Waals surface area contributed by atoms with Gasteiger partial charge in [0.2, 0.25) is 0 Å². The Morgan fingerprint density at radius 1 is 1.19 bits per heavy atom. The molecule has 0 fully saturated rings. The van der Waals surface area contributed by atoms with Gasteiger partial charge in [-0.1, -0.05) is 6.07 Å². The van der Waals surface area contributed by atoms with E-state index in [2.05, 4.69) is 10.3 Å². The average Bonchev–Trinajstić information content (AvgIpc) is 3.08. The normalized spacial score (nSPS) is 10.6. The number of carbonyl (C=O) groups excluding carboxylic acids is 1. The van der Waals surface area contributed by atoms with Crippen molar-refractivity contribution in [3.8, 4) is 5.75 Å². The molecule has 0 spiro atoms. The highest BCUT2D eigenvalue weighted by Gasteiger charge is 2.20. The zero-order chi connectivity index (χ0) is 19.4. The molecular formula is C19H19N3O5. The van der Waals surface area contributed by atoms with Crippen LogP contribution in [-0.4, -0.2) is 29.1 Å². The smallest absolute Gasteiger partial charge is 0.354 e. The topological polar surface area (TPSA) is 106 Å². The average molecular weight is 369 g/mol. The molecule has 0 atom stereocenters. The summed E-state index contributed by atoms with van der Waals surface area (Å²) in [5.41, 5.74) is 1.68. The van der Waals surface area contributed by atoms with E-state index in [0.29, 0.717) is 23.4 Å². The molecule has 8 heteroatoms. The van der Waals surface area contributed by atoms with Crippen molar-refractivity contribution < 1.29 is 19.2 Å². The third kappa shape index (κ3) is 3.84. The minimum absolute atomic E-state index is 0.117. The standard InChI is InChI=1S/C19H19N3O5/c1-3-26-13-7-5-6-12(10-13)20-15-8-9-17(22(24)25)18-14(15)11-16(21-18)19(23)27-4-2/h5-11,20-21H,3-4H2,1-2H3. The number of aromatic nitrogens is 1. The minimum Gasteiger partial charge on any atom is -0.494 e. The molecule has 27 heavy (non-hydrogen) atoms. The van der Waals surface area contributed by atoms with Crippen LogP contribution in [0.25, 0.3) is 10.9 Å². The van der Waals surface area contributed by atoms with E-state index in [1.807, 2.05) is 31.2 Å². The van der Waals surface area contributed by atoms with Crippen molar-refractivity contribution in [3.05, 3.63) is 58.3 Å². The molecule has 0 aliphatic heterocycles. The summed E-state index contributed by atoms with van der Waals surface area (Å²) >= 11 is 0. The number of ether oxygens (including phenoxy) is 2. The molecule has 3 rings (SSSR count). The molecule has 140 valence electrons. The van der Waals surface area contributed by atoms with Gasteiger partial charge in [-0.05, 0) is 38.1 Å². The number of aromatic amines is 1. The molecular weight excluding hydrogens is 350 g/mol. The van der Waals surface area contributed by atoms with Gasteiger partial charge in [0.1, 0.15) is 17.0 Å². The van der Waals surface area contributed by atoms with Gasteiger partial charge < -0.3 is 19.8 Å². The molecule has 0 bridgehead atoms. The maximum atomic E-state index is 12.0. The first kappa shape index (κ1) is 18.2. The van der Waals surface area contributed by atoms with E-state index in [4.69, 9.17) is 9.47 Å². The van der Waals surface area contributed by atoms with Crippen LogP contribution in [0.15, 0.2) is 42.5 Å². The predicted molar refractivity (Wildman–Crippen MR) is 102 cm³/mol. The fraction of sp³-hybridized carbons (Fsp3) is 0.211. The molecule has 0 saturated heterocycles. The van der Waals surface area contributed by atoms with Crippen molar-refractivity contribution in [1.82, 2.24) is 4.98 Å². The van der Waals surface area contributed by atoms with E-state index in [0.717, 1.165) is 5.69 Å². The maximum absolute atomic E-state index is 12.0. The summed E-state index contributed by atoms with van der Waals surface area (Å²) in [5, 5.41) is 15.1. The van der Waals surface area contributed by atoms with Crippen LogP contribution in [0, 0.1) is 10.1 Å². The first-order valence-electron chi connectivity index (χ1n) is 8.50. The molecule has 0 saturated carbocycles. The number of rotatable bonds is 7. The summed E-state index contributed by atoms with van der Waals surface area (Å²) in [4.78, 5) is 25.7. The molecule has 2 aromatic carbocycles. The van der Waals surface area contributed by atoms with Gasteiger partial charge in [-0.25, -0.2) is 4.79 Å². The van der Waals surface area contributed by atoms with Gasteiger partial charge in [0.15, 0.2) is 0 Å². The molecule has 1 aromatic heterocycles. The van der Waals surface area contributed by atoms with E-state index in [1.165, 1.54) is 6.07 Å². The first-order chi connectivity index (χ1) is 13.0. The number of anilines is 2. The van der Waals surface area contributed by atoms with Gasteiger partial charge in [0.25, 0.3) is 5.69 Å². The fourth-order valence-corrected chi connectivity index (χ4v) is 2.77. The third-order valence-corrected chi connectivity index (χ3v) is 3.89. The summed E-state index contributed by atoms with van der Waals surface area (Å²) in [6.07, 6.45) is 0. The van der Waals surface area contributed by atoms with Gasteiger partial charge in [-0.2, -0.15) is 0 Å². The van der Waals surface area contributed by atoms with Crippen molar-refractivity contribution in [2.24, 2.45) is 0 Å². The van der Waals surface area contributed by atoms with Gasteiger partial charge in [0, 0.05) is 28.9 Å². The quantitative estimate of drug-likeness (QED) is 0.363. The number of non-ortho nitro benzene ring substituents is 1. The lowest BCUT2D eigenvalue weighted by Crippen LogP contribution is -2.04. The lowest BCUT2D eigenvalue weighted by atomic mass is 10.1. The van der Waals surface area contributed by atoms with Crippen LogP contribution >= 0.6 is 0 Å². The Kier molecular flexibility index (Phi) is 5.25. The first-order valence-corrected chi connectivity index (χ1v) is 8.50. The second-order valence-corrected chi connectivity index (χ2v) is 5.67. The van der Waals surface area contributed by atoms with Crippen LogP contribution in [0.2, 0.25) is 0 Å². The molecule has 0 aliphatic rings. The van der Waals surface area contributed by atoms with E-state index in [1.54, 1.807) is 19.1 Å². The number of H-pyrrole nitrogens is 1. The Morgan fingerprint density at radius 2 is 2.00 bits per heavy atom. The number of nitrogens with one attached hydrogen (secondary N) is 2. The predicted octanol–water partition coefficient (Wildman–Crippen LogP) is 4.40. The summed E-state index contributed by atoms with van der Waals surface area (Å²) in [6, 6.07) is 11.9. The van der Waals surface area contributed by atoms with Crippen LogP contribution in [0.1, 0.15) is 24.3 Å². The van der Waals surface area contributed by atoms with Crippen molar-refractivity contribution in [2.75, 3.05) is 18.5 Å². The number of hydrogen-bond donors (Lipinski definition) is 2. The molecule has 0 amide bonds. The number of nitrogens with zero attached hydrogens (tertiary/aromatic N) is 1. The Bertz CT molecular complexity index is 996. The summed E-state index contributed by atoms with van der Waals surface area (Å²) in [7, 11) is 0. The Labute approximate surface area is 155 Å². The van der Waals surface area contributed by atoms with Crippen molar-refractivity contribution in [3.63, 3.8) is 0 Å². The minimum atomic E-state index is -0.563. The maximum Gasteiger partial charge on any atom is 0.354 e. The monoisotopic (exact) mass is 369 g/mol. The Balaban J connectivity index is 2.05. The number of nitro benzene ring substituents is 1. The zero-order valence-electron chi connectivity index (χ0n) is 14.9. The molecule has 1 heterocycles. The van der Waals surface area contributed by atoms with Crippen molar-refractivity contribution in [2.45, 2.75) is 13.8 Å². The highest BCUT2D eigenvalue weighted by Crippen LogP contribution is 2.34. The van der Waals surface area contributed by atoms with E-state index in [9.17, 15) is 14.9 Å². The Morgan fingerprint density at radius 3 is 2.70 bits per heavy atom. The highest BCUT2D eigenvalue weighted by molar-refractivity contribution is 6.04. The number of fused-ring (bicyclic) bond motifs is 1. The summed E-state index contributed by atoms with van der Waals surface area (Å²) in [5.74, 6) is 0.147. The third-order valence-electron chi connectivity index (χ3n) is 3.89. The lowest BCUT2D eigenvalue weighted by molar-refractivity contribution is -0.383. The summed E-state index contributed by atoms with van der Waals surface area (Å²) < 4.78 is 10.5. The van der Waals surface area contributed by atoms with E-state index >= 15 is 0 Å². The van der Waals surface area contributed by atoms with Crippen LogP contribution in [0.3, 0.4) is 0 Å². The number of hydrogen-bond acceptors (Lipinski definition) is 6. The van der Waals surface area contributed by atoms with Crippen molar-refractivity contribution >= 4 is 33.9 Å². The molecule has 8 nitrogen and oxygen atoms in total. The van der Waals surface area contributed by atoms with Crippen molar-refractivity contribution in [1.29, 1.82) is 0 Å². The van der Waals surface area contributed by atoms with Crippen LogP contribution < -0.4 is 10.1 Å². The highest BCUT2D eigenvalue weighted by atomic mass is 16.6. The number of benzene rings is 2. The van der Waals surface area contributed by atoms with E-state index < -0.39 is 10.9 Å². The molecule has 0 radical (unpaired) electrons. The molecule has 0 aliphatic carbocycles. The second kappa shape index (κ2) is 7.77. The largest absolute Gasteiger partial charge is 0.494 e. The SMILES string of the molecule is CCOC(=O)c1cc2c(Nc3cccc(OCC)c3)ccc([N+](=O)[O-])c2[nH]1. The number of carbonyl (C=O) groups is 1. The number of nitro groups is 1. The zero-order valence-corrected chi connectivity index (χ0v) is 14.9. The fourth-order valence-electron chi connectivity index (χ4n) is 2.77. The Hall–Kier alpha value is -3.55. The van der Waals surface area contributed by atoms with Crippen LogP contribution in [-0.2, 0) is 4.74 Å². The van der Waals surface area contributed by atoms with Crippen LogP contribution in [0.4, 0.5) is 17.1 Å². The second-order valence-electron chi connectivity index (χ2n) is 5.67. The molecule has 3 aromatic rings. The van der Waals surface area contributed by atoms with E-state index in [-0.39, 0.29) is 23.5 Å². The molecule has 2 N–H and O–H groups in total. The number of esters is 1. The lowest BCUT2D eigenvalue weighted by Gasteiger charge is -2.10. The van der Waals surface area contributed by atoms with Gasteiger partial charge in [-0.15, -0.1) is 0 Å². The van der Waals surface area contributed by atoms with Gasteiger partial charge in [-0.3, -0.25) is 10.1 Å². The van der Waals surface area contributed by atoms with Crippen LogP contribution in [0.5, 0.6) is 5.75 Å².